The minimum absolute atomic E-state index is 0.0171. The van der Waals surface area contributed by atoms with Crippen LogP contribution in [0.25, 0.3) is 0 Å². The predicted octanol–water partition coefficient (Wildman–Crippen LogP) is 3.49. The lowest BCUT2D eigenvalue weighted by molar-refractivity contribution is -0.143. The Morgan fingerprint density at radius 2 is 1.97 bits per heavy atom. The molecule has 7 nitrogen and oxygen atoms in total. The summed E-state index contributed by atoms with van der Waals surface area (Å²) < 4.78 is 0. The number of aryl methyl sites for hydroxylation is 1. The van der Waals surface area contributed by atoms with Crippen LogP contribution in [0.2, 0.25) is 0 Å². The highest BCUT2D eigenvalue weighted by Crippen LogP contribution is 2.41. The Morgan fingerprint density at radius 3 is 2.76 bits per heavy atom. The van der Waals surface area contributed by atoms with Gasteiger partial charge >= 0.3 is 5.97 Å². The Labute approximate surface area is 204 Å². The second-order valence-corrected chi connectivity index (χ2v) is 10.2. The van der Waals surface area contributed by atoms with Gasteiger partial charge in [0.05, 0.1) is 13.0 Å². The Balaban J connectivity index is 1.32. The van der Waals surface area contributed by atoms with Crippen molar-refractivity contribution in [2.24, 2.45) is 5.92 Å². The van der Waals surface area contributed by atoms with Crippen molar-refractivity contribution in [3.05, 3.63) is 59.9 Å². The van der Waals surface area contributed by atoms with E-state index in [1.165, 1.54) is 10.5 Å². The number of aliphatic carboxylic acids is 1. The fourth-order valence-corrected chi connectivity index (χ4v) is 6.23. The molecule has 2 amide bonds. The number of aromatic nitrogens is 1. The van der Waals surface area contributed by atoms with E-state index in [4.69, 9.17) is 0 Å². The monoisotopic (exact) mass is 481 g/mol. The third-order valence-electron chi connectivity index (χ3n) is 6.66. The van der Waals surface area contributed by atoms with Crippen molar-refractivity contribution in [2.75, 3.05) is 18.8 Å². The third kappa shape index (κ3) is 6.38. The molecule has 34 heavy (non-hydrogen) atoms. The van der Waals surface area contributed by atoms with Gasteiger partial charge in [0.2, 0.25) is 11.8 Å². The lowest BCUT2D eigenvalue weighted by Crippen LogP contribution is -2.48. The first-order valence-corrected chi connectivity index (χ1v) is 12.9. The molecule has 3 atom stereocenters. The highest BCUT2D eigenvalue weighted by atomic mass is 32.2. The molecule has 1 fully saturated rings. The SMILES string of the molecule is O=C(O)CC(CC1CSc2ccccc21)NC(=O)CN1CCC[C@@H](CCc2ccncc2)C1=O. The van der Waals surface area contributed by atoms with Gasteiger partial charge in [-0.2, -0.15) is 0 Å². The summed E-state index contributed by atoms with van der Waals surface area (Å²) in [5, 5.41) is 12.3. The number of amides is 2. The summed E-state index contributed by atoms with van der Waals surface area (Å²) in [6.45, 7) is 0.547. The number of nitrogens with zero attached hydrogens (tertiary/aromatic N) is 2. The van der Waals surface area contributed by atoms with Crippen molar-refractivity contribution in [1.82, 2.24) is 15.2 Å². The molecular weight excluding hydrogens is 450 g/mol. The van der Waals surface area contributed by atoms with Crippen LogP contribution >= 0.6 is 11.8 Å². The summed E-state index contributed by atoms with van der Waals surface area (Å²) in [6, 6.07) is 11.6. The number of carbonyl (C=O) groups is 3. The molecule has 180 valence electrons. The number of likely N-dealkylation sites (tertiary alicyclic amines) is 1. The van der Waals surface area contributed by atoms with Gasteiger partial charge in [-0.3, -0.25) is 19.4 Å². The first-order chi connectivity index (χ1) is 16.5. The van der Waals surface area contributed by atoms with E-state index < -0.39 is 12.0 Å². The third-order valence-corrected chi connectivity index (χ3v) is 7.91. The first kappa shape index (κ1) is 24.3. The van der Waals surface area contributed by atoms with E-state index in [9.17, 15) is 19.5 Å². The van der Waals surface area contributed by atoms with Crippen molar-refractivity contribution in [3.8, 4) is 0 Å². The molecule has 2 N–H and O–H groups in total. The minimum atomic E-state index is -0.936. The summed E-state index contributed by atoms with van der Waals surface area (Å²) in [4.78, 5) is 44.2. The second kappa shape index (κ2) is 11.5. The lowest BCUT2D eigenvalue weighted by Gasteiger charge is -2.32. The zero-order valence-electron chi connectivity index (χ0n) is 19.2. The molecule has 0 aliphatic carbocycles. The number of carbonyl (C=O) groups excluding carboxylic acids is 2. The first-order valence-electron chi connectivity index (χ1n) is 11.9. The Morgan fingerprint density at radius 1 is 1.18 bits per heavy atom. The zero-order valence-corrected chi connectivity index (χ0v) is 20.0. The molecule has 2 aliphatic heterocycles. The molecule has 8 heteroatoms. The average molecular weight is 482 g/mol. The van der Waals surface area contributed by atoms with E-state index in [2.05, 4.69) is 22.4 Å². The molecule has 2 aliphatic rings. The summed E-state index contributed by atoms with van der Waals surface area (Å²) >= 11 is 1.77. The van der Waals surface area contributed by atoms with Crippen molar-refractivity contribution >= 4 is 29.5 Å². The molecular formula is C26H31N3O4S. The summed E-state index contributed by atoms with van der Waals surface area (Å²) in [7, 11) is 0. The molecule has 1 aromatic carbocycles. The molecule has 2 aromatic rings. The normalized spacial score (nSPS) is 20.6. The standard InChI is InChI=1S/C26H31N3O4S/c30-24(16-29-13-3-4-19(26(29)33)8-7-18-9-11-27-12-10-18)28-21(15-25(31)32)14-20-17-34-23-6-2-1-5-22(20)23/h1-2,5-6,9-12,19-21H,3-4,7-8,13-17H2,(H,28,30)(H,31,32)/t19-,20?,21?/m0/s1. The number of carboxylic acids is 1. The van der Waals surface area contributed by atoms with E-state index in [0.29, 0.717) is 13.0 Å². The maximum Gasteiger partial charge on any atom is 0.305 e. The number of thioether (sulfide) groups is 1. The van der Waals surface area contributed by atoms with Crippen LogP contribution < -0.4 is 5.32 Å². The average Bonchev–Trinajstić information content (AvgIpc) is 3.22. The van der Waals surface area contributed by atoms with Crippen molar-refractivity contribution in [1.29, 1.82) is 0 Å². The molecule has 1 saturated heterocycles. The Hall–Kier alpha value is -2.87. The smallest absolute Gasteiger partial charge is 0.305 e. The number of hydrogen-bond donors (Lipinski definition) is 2. The van der Waals surface area contributed by atoms with E-state index in [-0.39, 0.29) is 36.6 Å². The van der Waals surface area contributed by atoms with Crippen LogP contribution in [0.4, 0.5) is 0 Å². The van der Waals surface area contributed by atoms with Crippen LogP contribution in [0.5, 0.6) is 0 Å². The summed E-state index contributed by atoms with van der Waals surface area (Å²) in [5.74, 6) is -0.194. The summed E-state index contributed by atoms with van der Waals surface area (Å²) in [5.41, 5.74) is 2.38. The Bertz CT molecular complexity index is 1020. The molecule has 0 radical (unpaired) electrons. The number of rotatable bonds is 10. The molecule has 2 unspecified atom stereocenters. The number of pyridine rings is 1. The van der Waals surface area contributed by atoms with Gasteiger partial charge in [0.1, 0.15) is 0 Å². The number of carboxylic acid groups (broad SMARTS) is 1. The Kier molecular flexibility index (Phi) is 8.21. The van der Waals surface area contributed by atoms with Gasteiger partial charge in [-0.25, -0.2) is 0 Å². The van der Waals surface area contributed by atoms with Crippen LogP contribution in [0.1, 0.15) is 49.1 Å². The molecule has 3 heterocycles. The zero-order chi connectivity index (χ0) is 23.9. The number of benzene rings is 1. The number of fused-ring (bicyclic) bond motifs is 1. The number of nitrogens with one attached hydrogen (secondary N) is 1. The fourth-order valence-electron chi connectivity index (χ4n) is 4.95. The largest absolute Gasteiger partial charge is 0.481 e. The molecule has 1 aromatic heterocycles. The molecule has 0 spiro atoms. The van der Waals surface area contributed by atoms with Crippen LogP contribution in [0, 0.1) is 5.92 Å². The van der Waals surface area contributed by atoms with Gasteiger partial charge < -0.3 is 15.3 Å². The lowest BCUT2D eigenvalue weighted by atomic mass is 9.91. The fraction of sp³-hybridized carbons (Fsp3) is 0.462. The topological polar surface area (TPSA) is 99.6 Å². The van der Waals surface area contributed by atoms with Crippen LogP contribution in [0.3, 0.4) is 0 Å². The van der Waals surface area contributed by atoms with Gasteiger partial charge in [-0.05, 0) is 67.3 Å². The number of hydrogen-bond acceptors (Lipinski definition) is 5. The predicted molar refractivity (Wildman–Crippen MR) is 131 cm³/mol. The van der Waals surface area contributed by atoms with Gasteiger partial charge in [0.25, 0.3) is 0 Å². The van der Waals surface area contributed by atoms with Crippen LogP contribution in [0.15, 0.2) is 53.7 Å². The van der Waals surface area contributed by atoms with Gasteiger partial charge in [-0.15, -0.1) is 11.8 Å². The number of piperidine rings is 1. The van der Waals surface area contributed by atoms with E-state index in [0.717, 1.165) is 37.0 Å². The van der Waals surface area contributed by atoms with Gasteiger partial charge in [-0.1, -0.05) is 18.2 Å². The van der Waals surface area contributed by atoms with Crippen molar-refractivity contribution in [3.63, 3.8) is 0 Å². The van der Waals surface area contributed by atoms with Crippen LogP contribution in [-0.4, -0.2) is 57.7 Å². The maximum atomic E-state index is 13.0. The van der Waals surface area contributed by atoms with Crippen molar-refractivity contribution in [2.45, 2.75) is 55.4 Å². The van der Waals surface area contributed by atoms with Gasteiger partial charge in [0.15, 0.2) is 0 Å². The van der Waals surface area contributed by atoms with E-state index in [1.54, 1.807) is 29.1 Å². The van der Waals surface area contributed by atoms with E-state index in [1.807, 2.05) is 24.3 Å². The van der Waals surface area contributed by atoms with Crippen LogP contribution in [-0.2, 0) is 20.8 Å². The highest BCUT2D eigenvalue weighted by molar-refractivity contribution is 7.99. The van der Waals surface area contributed by atoms with Gasteiger partial charge in [0, 0.05) is 41.5 Å². The highest BCUT2D eigenvalue weighted by Gasteiger charge is 2.31. The second-order valence-electron chi connectivity index (χ2n) is 9.14. The molecule has 0 bridgehead atoms. The van der Waals surface area contributed by atoms with E-state index >= 15 is 0 Å². The quantitative estimate of drug-likeness (QED) is 0.539. The minimum Gasteiger partial charge on any atom is -0.481 e. The molecule has 4 rings (SSSR count). The summed E-state index contributed by atoms with van der Waals surface area (Å²) in [6.07, 6.45) is 7.22. The van der Waals surface area contributed by atoms with Crippen molar-refractivity contribution < 1.29 is 19.5 Å². The maximum absolute atomic E-state index is 13.0. The molecule has 0 saturated carbocycles.